The molecule has 2 atom stereocenters. The SMILES string of the molecule is NC(=O)/C=C/[C@H]1C[C@@H]1N. The van der Waals surface area contributed by atoms with Gasteiger partial charge in [0.2, 0.25) is 5.91 Å². The second kappa shape index (κ2) is 2.19. The van der Waals surface area contributed by atoms with Gasteiger partial charge < -0.3 is 11.5 Å². The molecule has 0 unspecified atom stereocenters. The van der Waals surface area contributed by atoms with Crippen LogP contribution >= 0.6 is 0 Å². The van der Waals surface area contributed by atoms with E-state index in [0.29, 0.717) is 5.92 Å². The molecule has 0 bridgehead atoms. The Kier molecular flexibility index (Phi) is 1.53. The van der Waals surface area contributed by atoms with E-state index in [1.54, 1.807) is 6.08 Å². The molecular formula is C6H10N2O. The van der Waals surface area contributed by atoms with Gasteiger partial charge in [-0.15, -0.1) is 0 Å². The van der Waals surface area contributed by atoms with Crippen LogP contribution in [-0.2, 0) is 4.79 Å². The Morgan fingerprint density at radius 3 is 2.56 bits per heavy atom. The number of primary amides is 1. The number of amides is 1. The van der Waals surface area contributed by atoms with Crippen LogP contribution in [0.4, 0.5) is 0 Å². The zero-order chi connectivity index (χ0) is 6.85. The summed E-state index contributed by atoms with van der Waals surface area (Å²) >= 11 is 0. The summed E-state index contributed by atoms with van der Waals surface area (Å²) in [4.78, 5) is 10.1. The van der Waals surface area contributed by atoms with Crippen molar-refractivity contribution in [3.8, 4) is 0 Å². The average Bonchev–Trinajstić information content (AvgIpc) is 2.42. The molecule has 0 aliphatic heterocycles. The normalized spacial score (nSPS) is 33.0. The molecule has 3 heteroatoms. The fraction of sp³-hybridized carbons (Fsp3) is 0.500. The molecule has 1 aliphatic carbocycles. The number of carbonyl (C=O) groups excluding carboxylic acids is 1. The maximum Gasteiger partial charge on any atom is 0.241 e. The molecule has 1 saturated carbocycles. The van der Waals surface area contributed by atoms with E-state index in [1.807, 2.05) is 0 Å². The summed E-state index contributed by atoms with van der Waals surface area (Å²) in [7, 11) is 0. The Balaban J connectivity index is 2.25. The van der Waals surface area contributed by atoms with E-state index in [2.05, 4.69) is 0 Å². The van der Waals surface area contributed by atoms with Crippen molar-refractivity contribution in [1.82, 2.24) is 0 Å². The summed E-state index contributed by atoms with van der Waals surface area (Å²) < 4.78 is 0. The molecule has 4 N–H and O–H groups in total. The molecule has 0 aromatic carbocycles. The number of nitrogens with two attached hydrogens (primary N) is 2. The van der Waals surface area contributed by atoms with Crippen LogP contribution in [0.3, 0.4) is 0 Å². The van der Waals surface area contributed by atoms with Gasteiger partial charge in [-0.3, -0.25) is 4.79 Å². The molecule has 0 aromatic heterocycles. The van der Waals surface area contributed by atoms with E-state index in [0.717, 1.165) is 6.42 Å². The predicted molar refractivity (Wildman–Crippen MR) is 34.4 cm³/mol. The molecule has 0 aromatic rings. The standard InChI is InChI=1S/C6H10N2O/c7-5-3-4(5)1-2-6(8)9/h1-2,4-5H,3,7H2,(H2,8,9)/b2-1+/t4-,5-/m0/s1. The van der Waals surface area contributed by atoms with E-state index in [-0.39, 0.29) is 6.04 Å². The van der Waals surface area contributed by atoms with Crippen LogP contribution in [0.15, 0.2) is 12.2 Å². The summed E-state index contributed by atoms with van der Waals surface area (Å²) in [6.45, 7) is 0. The predicted octanol–water partition coefficient (Wildman–Crippen LogP) is -0.625. The largest absolute Gasteiger partial charge is 0.366 e. The molecule has 0 spiro atoms. The van der Waals surface area contributed by atoms with E-state index < -0.39 is 5.91 Å². The summed E-state index contributed by atoms with van der Waals surface area (Å²) in [5.41, 5.74) is 10.3. The molecular weight excluding hydrogens is 116 g/mol. The topological polar surface area (TPSA) is 69.1 Å². The average molecular weight is 126 g/mol. The lowest BCUT2D eigenvalue weighted by atomic mass is 10.3. The number of carbonyl (C=O) groups is 1. The maximum absolute atomic E-state index is 10.1. The van der Waals surface area contributed by atoms with Gasteiger partial charge in [-0.25, -0.2) is 0 Å². The van der Waals surface area contributed by atoms with Crippen LogP contribution in [-0.4, -0.2) is 11.9 Å². The Bertz CT molecular complexity index is 153. The molecule has 50 valence electrons. The first-order chi connectivity index (χ1) is 4.20. The van der Waals surface area contributed by atoms with Crippen LogP contribution in [0.25, 0.3) is 0 Å². The lowest BCUT2D eigenvalue weighted by Gasteiger charge is -1.80. The minimum absolute atomic E-state index is 0.264. The lowest BCUT2D eigenvalue weighted by Crippen LogP contribution is -2.06. The van der Waals surface area contributed by atoms with Gasteiger partial charge in [-0.05, 0) is 18.4 Å². The van der Waals surface area contributed by atoms with Crippen molar-refractivity contribution in [1.29, 1.82) is 0 Å². The molecule has 3 nitrogen and oxygen atoms in total. The third-order valence-corrected chi connectivity index (χ3v) is 1.40. The van der Waals surface area contributed by atoms with Gasteiger partial charge >= 0.3 is 0 Å². The number of rotatable bonds is 2. The van der Waals surface area contributed by atoms with Gasteiger partial charge in [0.15, 0.2) is 0 Å². The minimum atomic E-state index is -0.394. The van der Waals surface area contributed by atoms with Gasteiger partial charge in [-0.1, -0.05) is 6.08 Å². The molecule has 0 saturated heterocycles. The van der Waals surface area contributed by atoms with Crippen LogP contribution < -0.4 is 11.5 Å². The van der Waals surface area contributed by atoms with Crippen LogP contribution in [0, 0.1) is 5.92 Å². The van der Waals surface area contributed by atoms with E-state index >= 15 is 0 Å². The number of hydrogen-bond donors (Lipinski definition) is 2. The second-order valence-corrected chi connectivity index (χ2v) is 2.32. The Morgan fingerprint density at radius 2 is 2.22 bits per heavy atom. The fourth-order valence-corrected chi connectivity index (χ4v) is 0.675. The third kappa shape index (κ3) is 1.85. The number of hydrogen-bond acceptors (Lipinski definition) is 2. The van der Waals surface area contributed by atoms with Gasteiger partial charge in [0.25, 0.3) is 0 Å². The van der Waals surface area contributed by atoms with E-state index in [9.17, 15) is 4.79 Å². The Labute approximate surface area is 53.7 Å². The molecule has 1 amide bonds. The molecule has 1 fully saturated rings. The molecule has 1 aliphatic rings. The van der Waals surface area contributed by atoms with Crippen LogP contribution in [0.1, 0.15) is 6.42 Å². The van der Waals surface area contributed by atoms with Crippen LogP contribution in [0.2, 0.25) is 0 Å². The molecule has 1 rings (SSSR count). The molecule has 0 heterocycles. The minimum Gasteiger partial charge on any atom is -0.366 e. The highest BCUT2D eigenvalue weighted by Gasteiger charge is 2.30. The maximum atomic E-state index is 10.1. The molecule has 0 radical (unpaired) electrons. The zero-order valence-corrected chi connectivity index (χ0v) is 5.08. The van der Waals surface area contributed by atoms with Crippen molar-refractivity contribution < 1.29 is 4.79 Å². The van der Waals surface area contributed by atoms with Gasteiger partial charge in [-0.2, -0.15) is 0 Å². The van der Waals surface area contributed by atoms with Crippen LogP contribution in [0.5, 0.6) is 0 Å². The van der Waals surface area contributed by atoms with Gasteiger partial charge in [0, 0.05) is 6.04 Å². The highest BCUT2D eigenvalue weighted by atomic mass is 16.1. The third-order valence-electron chi connectivity index (χ3n) is 1.40. The quantitative estimate of drug-likeness (QED) is 0.484. The van der Waals surface area contributed by atoms with Crippen molar-refractivity contribution in [3.05, 3.63) is 12.2 Å². The highest BCUT2D eigenvalue weighted by Crippen LogP contribution is 2.28. The second-order valence-electron chi connectivity index (χ2n) is 2.32. The van der Waals surface area contributed by atoms with Crippen molar-refractivity contribution >= 4 is 5.91 Å². The first-order valence-electron chi connectivity index (χ1n) is 2.93. The summed E-state index contributed by atoms with van der Waals surface area (Å²) in [6.07, 6.45) is 4.13. The lowest BCUT2D eigenvalue weighted by molar-refractivity contribution is -0.113. The highest BCUT2D eigenvalue weighted by molar-refractivity contribution is 5.85. The summed E-state index contributed by atoms with van der Waals surface area (Å²) in [5, 5.41) is 0. The molecule has 9 heavy (non-hydrogen) atoms. The van der Waals surface area contributed by atoms with Gasteiger partial charge in [0.05, 0.1) is 0 Å². The van der Waals surface area contributed by atoms with E-state index in [1.165, 1.54) is 6.08 Å². The zero-order valence-electron chi connectivity index (χ0n) is 5.08. The Morgan fingerprint density at radius 1 is 1.67 bits per heavy atom. The van der Waals surface area contributed by atoms with E-state index in [4.69, 9.17) is 11.5 Å². The van der Waals surface area contributed by atoms with Crippen molar-refractivity contribution in [2.45, 2.75) is 12.5 Å². The smallest absolute Gasteiger partial charge is 0.241 e. The monoisotopic (exact) mass is 126 g/mol. The first-order valence-corrected chi connectivity index (χ1v) is 2.93. The van der Waals surface area contributed by atoms with Gasteiger partial charge in [0.1, 0.15) is 0 Å². The fourth-order valence-electron chi connectivity index (χ4n) is 0.675. The first kappa shape index (κ1) is 6.29. The van der Waals surface area contributed by atoms with Crippen molar-refractivity contribution in [2.24, 2.45) is 17.4 Å². The van der Waals surface area contributed by atoms with Crippen molar-refractivity contribution in [3.63, 3.8) is 0 Å². The summed E-state index contributed by atoms with van der Waals surface area (Å²) in [5.74, 6) is 0.00611. The summed E-state index contributed by atoms with van der Waals surface area (Å²) in [6, 6.07) is 0.264. The van der Waals surface area contributed by atoms with Crippen molar-refractivity contribution in [2.75, 3.05) is 0 Å². The Hall–Kier alpha value is -0.830.